The van der Waals surface area contributed by atoms with Crippen LogP contribution in [0.5, 0.6) is 0 Å². The van der Waals surface area contributed by atoms with Crippen molar-refractivity contribution >= 4 is 74.2 Å². The Balaban J connectivity index is 2.08. The molecule has 1 aromatic rings. The van der Waals surface area contributed by atoms with Gasteiger partial charge in [-0.1, -0.05) is 0 Å². The number of amides is 1. The van der Waals surface area contributed by atoms with Gasteiger partial charge in [-0.3, -0.25) is 0 Å². The van der Waals surface area contributed by atoms with E-state index in [0.29, 0.717) is 18.7 Å². The van der Waals surface area contributed by atoms with Crippen molar-refractivity contribution in [1.82, 2.24) is 4.90 Å². The van der Waals surface area contributed by atoms with E-state index in [-0.39, 0.29) is 18.8 Å². The third-order valence-corrected chi connectivity index (χ3v) is 7.28. The predicted octanol–water partition coefficient (Wildman–Crippen LogP) is 0.267. The van der Waals surface area contributed by atoms with Crippen LogP contribution in [0.25, 0.3) is 0 Å². The van der Waals surface area contributed by atoms with Crippen LogP contribution < -0.4 is 0 Å². The maximum atomic E-state index is 12.5. The zero-order valence-corrected chi connectivity index (χ0v) is 21.3. The first kappa shape index (κ1) is 19.5. The summed E-state index contributed by atoms with van der Waals surface area (Å²) in [5.74, 6) is 0.224. The molecule has 5 nitrogen and oxygen atoms in total. The molecule has 1 amide bonds. The first-order chi connectivity index (χ1) is 10.9. The van der Waals surface area contributed by atoms with E-state index in [2.05, 4.69) is 0 Å². The number of hydrogen-bond donors (Lipinski definition) is 0. The molecule has 8 heteroatoms. The zero-order chi connectivity index (χ0) is 17.0. The molecular formula is C15H17NO4Pb2S. The van der Waals surface area contributed by atoms with Crippen LogP contribution >= 0.6 is 0 Å². The number of rotatable bonds is 5. The average molecular weight is 722 g/mol. The van der Waals surface area contributed by atoms with Gasteiger partial charge in [-0.05, 0) is 0 Å². The Hall–Kier alpha value is 0.154. The van der Waals surface area contributed by atoms with E-state index in [0.717, 1.165) is 56.4 Å². The van der Waals surface area contributed by atoms with Gasteiger partial charge >= 0.3 is 172 Å². The number of carbonyl (C=O) groups is 2. The van der Waals surface area contributed by atoms with Gasteiger partial charge in [0.2, 0.25) is 0 Å². The number of hydrogen-bond acceptors (Lipinski definition) is 4. The van der Waals surface area contributed by atoms with Crippen LogP contribution in [0.2, 0.25) is 1.04 Å². The van der Waals surface area contributed by atoms with E-state index in [1.54, 1.807) is 4.90 Å². The second-order valence-corrected chi connectivity index (χ2v) is 20.1. The second-order valence-electron chi connectivity index (χ2n) is 5.39. The van der Waals surface area contributed by atoms with Gasteiger partial charge in [0.05, 0.1) is 0 Å². The van der Waals surface area contributed by atoms with E-state index >= 15 is 0 Å². The minimum atomic E-state index is -1.11. The summed E-state index contributed by atoms with van der Waals surface area (Å²) in [5.41, 5.74) is 0. The van der Waals surface area contributed by atoms with Crippen molar-refractivity contribution in [2.75, 3.05) is 19.4 Å². The molecule has 2 rings (SSSR count). The molecule has 1 aliphatic heterocycles. The van der Waals surface area contributed by atoms with Crippen molar-refractivity contribution in [3.63, 3.8) is 0 Å². The van der Waals surface area contributed by atoms with Gasteiger partial charge in [-0.25, -0.2) is 0 Å². The van der Waals surface area contributed by atoms with Gasteiger partial charge in [-0.15, -0.1) is 0 Å². The standard InChI is InChI=1S/C15H17NO4S.2Pb/c1-11(17)16-9-12(8-14(16)15(18)20-2)10-21(19)13-6-4-3-5-7-13;;/h1,3-7,12,14H,8-10H2,2H3;;. The van der Waals surface area contributed by atoms with Gasteiger partial charge in [-0.2, -0.15) is 0 Å². The van der Waals surface area contributed by atoms with E-state index < -0.39 is 16.8 Å². The van der Waals surface area contributed by atoms with E-state index in [1.165, 1.54) is 7.11 Å². The third kappa shape index (κ3) is 5.06. The van der Waals surface area contributed by atoms with Crippen LogP contribution in [0.15, 0.2) is 35.2 Å². The average Bonchev–Trinajstić information content (AvgIpc) is 2.97. The Bertz CT molecular complexity index is 596. The normalized spacial score (nSPS) is 22.2. The number of methoxy groups -OCH3 is 1. The molecule has 0 saturated carbocycles. The van der Waals surface area contributed by atoms with Crippen LogP contribution in [0.3, 0.4) is 0 Å². The van der Waals surface area contributed by atoms with Crippen molar-refractivity contribution in [2.45, 2.75) is 18.4 Å². The number of likely N-dealkylation sites (tertiary alicyclic amines) is 1. The summed E-state index contributed by atoms with van der Waals surface area (Å²) in [5, 5.41) is 0. The first-order valence-corrected chi connectivity index (χ1v) is 13.0. The summed E-state index contributed by atoms with van der Waals surface area (Å²) >= 11 is 1.61. The summed E-state index contributed by atoms with van der Waals surface area (Å²) in [6.07, 6.45) is 0.535. The maximum absolute atomic E-state index is 12.5. The van der Waals surface area contributed by atoms with Gasteiger partial charge in [0.25, 0.3) is 0 Å². The zero-order valence-electron chi connectivity index (χ0n) is 12.7. The molecule has 0 bridgehead atoms. The Morgan fingerprint density at radius 3 is 2.57 bits per heavy atom. The Morgan fingerprint density at radius 1 is 1.35 bits per heavy atom. The van der Waals surface area contributed by atoms with Crippen molar-refractivity contribution < 1.29 is 18.5 Å². The summed E-state index contributed by atoms with van der Waals surface area (Å²) in [6.45, 7) is 0.498. The molecule has 1 fully saturated rings. The fraction of sp³-hybridized carbons (Fsp3) is 0.467. The molecule has 0 N–H and O–H groups in total. The number of ether oxygens (including phenoxy) is 1. The summed E-state index contributed by atoms with van der Waals surface area (Å²) in [4.78, 5) is 26.8. The molecule has 1 saturated heterocycles. The van der Waals surface area contributed by atoms with Crippen LogP contribution in [-0.2, 0) is 25.1 Å². The van der Waals surface area contributed by atoms with Crippen molar-refractivity contribution in [3.8, 4) is 0 Å². The molecule has 3 unspecified atom stereocenters. The quantitative estimate of drug-likeness (QED) is 0.324. The minimum absolute atomic E-state index is 0.0613. The molecule has 1 aromatic carbocycles. The Kier molecular flexibility index (Phi) is 7.64. The van der Waals surface area contributed by atoms with Gasteiger partial charge in [0.1, 0.15) is 0 Å². The summed E-state index contributed by atoms with van der Waals surface area (Å²) in [7, 11) is 0.232. The molecule has 0 spiro atoms. The molecular weight excluding hydrogens is 705 g/mol. The number of nitrogens with zero attached hydrogens (tertiary/aromatic N) is 1. The van der Waals surface area contributed by atoms with Crippen molar-refractivity contribution in [2.24, 2.45) is 5.92 Å². The van der Waals surface area contributed by atoms with Crippen LogP contribution in [-0.4, -0.2) is 98.0 Å². The van der Waals surface area contributed by atoms with Crippen LogP contribution in [0.1, 0.15) is 6.42 Å². The molecule has 0 aliphatic carbocycles. The van der Waals surface area contributed by atoms with Crippen molar-refractivity contribution in [3.05, 3.63) is 30.3 Å². The van der Waals surface area contributed by atoms with Crippen LogP contribution in [0.4, 0.5) is 0 Å². The van der Waals surface area contributed by atoms with E-state index in [9.17, 15) is 13.8 Å². The summed E-state index contributed by atoms with van der Waals surface area (Å²) in [6, 6.07) is 8.79. The molecule has 23 heavy (non-hydrogen) atoms. The Labute approximate surface area is 170 Å². The van der Waals surface area contributed by atoms with E-state index in [1.807, 2.05) is 30.3 Å². The Morgan fingerprint density at radius 2 is 2.00 bits per heavy atom. The second kappa shape index (κ2) is 9.02. The molecule has 0 aromatic heterocycles. The third-order valence-electron chi connectivity index (χ3n) is 3.78. The number of carbonyl (C=O) groups excluding carboxylic acids is 2. The van der Waals surface area contributed by atoms with Crippen molar-refractivity contribution in [1.29, 1.82) is 0 Å². The molecule has 3 atom stereocenters. The fourth-order valence-corrected chi connectivity index (χ4v) is 5.31. The van der Waals surface area contributed by atoms with Gasteiger partial charge in [0.15, 0.2) is 0 Å². The first-order valence-electron chi connectivity index (χ1n) is 7.18. The molecule has 120 valence electrons. The predicted molar refractivity (Wildman–Crippen MR) is 88.6 cm³/mol. The van der Waals surface area contributed by atoms with Gasteiger partial charge in [0, 0.05) is 0 Å². The SMILES string of the molecule is COC(=O)C1CC(CS(=O)c2ccccc2)CN1C(=O)[CH]([Pb])[Pb]. The fourth-order valence-electron chi connectivity index (χ4n) is 2.70. The van der Waals surface area contributed by atoms with Gasteiger partial charge < -0.3 is 0 Å². The van der Waals surface area contributed by atoms with E-state index in [4.69, 9.17) is 4.74 Å². The molecule has 1 heterocycles. The topological polar surface area (TPSA) is 63.7 Å². The molecule has 1 aliphatic rings. The van der Waals surface area contributed by atoms with Crippen LogP contribution in [0, 0.1) is 5.92 Å². The summed E-state index contributed by atoms with van der Waals surface area (Å²) < 4.78 is 17.4. The number of benzene rings is 1. The molecule has 6 radical (unpaired) electrons. The number of esters is 1. The monoisotopic (exact) mass is 723 g/mol.